The van der Waals surface area contributed by atoms with Crippen LogP contribution in [0.25, 0.3) is 0 Å². The number of fused-ring (bicyclic) bond motifs is 2. The van der Waals surface area contributed by atoms with Gasteiger partial charge in [-0.15, -0.1) is 0 Å². The molecule has 0 aromatic heterocycles. The summed E-state index contributed by atoms with van der Waals surface area (Å²) in [5, 5.41) is 21.9. The second kappa shape index (κ2) is 14.3. The van der Waals surface area contributed by atoms with Crippen molar-refractivity contribution in [3.05, 3.63) is 58.7 Å². The number of hydrogen-bond donors (Lipinski definition) is 2. The molecule has 0 bridgehead atoms. The summed E-state index contributed by atoms with van der Waals surface area (Å²) < 4.78 is 0. The molecule has 1 heterocycles. The van der Waals surface area contributed by atoms with E-state index in [1.807, 2.05) is 0 Å². The van der Waals surface area contributed by atoms with Crippen molar-refractivity contribution in [2.24, 2.45) is 0 Å². The molecule has 2 aromatic rings. The molecule has 0 saturated heterocycles. The van der Waals surface area contributed by atoms with E-state index in [0.29, 0.717) is 24.2 Å². The molecule has 5 heteroatoms. The van der Waals surface area contributed by atoms with Gasteiger partial charge in [-0.3, -0.25) is 9.80 Å². The Bertz CT molecular complexity index is 925. The van der Waals surface area contributed by atoms with Crippen molar-refractivity contribution in [1.82, 2.24) is 9.80 Å². The van der Waals surface area contributed by atoms with E-state index in [-0.39, 0.29) is 0 Å². The van der Waals surface area contributed by atoms with Crippen LogP contribution in [0.15, 0.2) is 46.2 Å². The number of aliphatic hydroxyl groups excluding tert-OH is 2. The predicted molar refractivity (Wildman–Crippen MR) is 162 cm³/mol. The van der Waals surface area contributed by atoms with Crippen LogP contribution in [0, 0.1) is 0 Å². The van der Waals surface area contributed by atoms with E-state index in [1.54, 1.807) is 11.8 Å². The van der Waals surface area contributed by atoms with Gasteiger partial charge in [-0.2, -0.15) is 0 Å². The van der Waals surface area contributed by atoms with Crippen molar-refractivity contribution >= 4 is 11.8 Å². The summed E-state index contributed by atoms with van der Waals surface area (Å²) in [6.45, 7) is 20.0. The number of nitrogens with zero attached hydrogens (tertiary/aromatic N) is 2. The largest absolute Gasteiger partial charge is 0.388 e. The molecule has 212 valence electrons. The summed E-state index contributed by atoms with van der Waals surface area (Å²) >= 11 is 1.80. The van der Waals surface area contributed by atoms with E-state index in [1.165, 1.54) is 20.9 Å². The molecule has 2 N–H and O–H groups in total. The topological polar surface area (TPSA) is 46.9 Å². The Kier molecular flexibility index (Phi) is 11.7. The van der Waals surface area contributed by atoms with Crippen molar-refractivity contribution in [2.75, 3.05) is 13.1 Å². The van der Waals surface area contributed by atoms with Gasteiger partial charge in [-0.1, -0.05) is 36.0 Å². The third-order valence-corrected chi connectivity index (χ3v) is 9.22. The van der Waals surface area contributed by atoms with Gasteiger partial charge in [-0.25, -0.2) is 0 Å². The van der Waals surface area contributed by atoms with Gasteiger partial charge in [0.25, 0.3) is 0 Å². The van der Waals surface area contributed by atoms with Crippen molar-refractivity contribution < 1.29 is 10.2 Å². The molecule has 0 amide bonds. The minimum Gasteiger partial charge on any atom is -0.388 e. The summed E-state index contributed by atoms with van der Waals surface area (Å²) in [5.41, 5.74) is 4.59. The average Bonchev–Trinajstić information content (AvgIpc) is 2.85. The maximum Gasteiger partial charge on any atom is 0.0790 e. The van der Waals surface area contributed by atoms with Gasteiger partial charge < -0.3 is 10.2 Å². The summed E-state index contributed by atoms with van der Waals surface area (Å²) in [5.74, 6) is 0. The maximum atomic E-state index is 11.0. The molecule has 38 heavy (non-hydrogen) atoms. The summed E-state index contributed by atoms with van der Waals surface area (Å²) in [6, 6.07) is 15.0. The molecular formula is C33H52N2O2S. The van der Waals surface area contributed by atoms with E-state index in [4.69, 9.17) is 0 Å². The Morgan fingerprint density at radius 1 is 0.632 bits per heavy atom. The van der Waals surface area contributed by atoms with Gasteiger partial charge in [0.05, 0.1) is 12.2 Å². The molecule has 4 nitrogen and oxygen atoms in total. The maximum absolute atomic E-state index is 11.0. The summed E-state index contributed by atoms with van der Waals surface area (Å²) in [7, 11) is 0. The van der Waals surface area contributed by atoms with Crippen LogP contribution < -0.4 is 0 Å². The Morgan fingerprint density at radius 2 is 1.00 bits per heavy atom. The molecule has 2 aromatic carbocycles. The van der Waals surface area contributed by atoms with Crippen LogP contribution in [0.2, 0.25) is 0 Å². The number of hydrogen-bond acceptors (Lipinski definition) is 5. The van der Waals surface area contributed by atoms with Gasteiger partial charge in [-0.05, 0) is 135 Å². The predicted octanol–water partition coefficient (Wildman–Crippen LogP) is 7.61. The fourth-order valence-electron chi connectivity index (χ4n) is 5.91. The van der Waals surface area contributed by atoms with Gasteiger partial charge in [0, 0.05) is 34.0 Å². The molecule has 1 aliphatic rings. The minimum atomic E-state index is -0.433. The van der Waals surface area contributed by atoms with Crippen LogP contribution in [0.3, 0.4) is 0 Å². The highest BCUT2D eigenvalue weighted by atomic mass is 32.2. The molecule has 1 aliphatic heterocycles. The minimum absolute atomic E-state index is 0.433. The Labute approximate surface area is 236 Å². The lowest BCUT2D eigenvalue weighted by molar-refractivity contribution is 0.135. The highest BCUT2D eigenvalue weighted by Gasteiger charge is 2.21. The first-order valence-electron chi connectivity index (χ1n) is 14.8. The fraction of sp³-hybridized carbons (Fsp3) is 0.636. The highest BCUT2D eigenvalue weighted by molar-refractivity contribution is 7.99. The SMILES string of the molecule is CC(C)N(CCCC(O)c1ccc2c(c1)Cc1cc(C(O)CCCN(C(C)C)C(C)C)ccc1S2)C(C)C. The second-order valence-electron chi connectivity index (χ2n) is 12.2. The lowest BCUT2D eigenvalue weighted by Gasteiger charge is -2.30. The Morgan fingerprint density at radius 3 is 1.34 bits per heavy atom. The Hall–Kier alpha value is -1.37. The molecular weight excluding hydrogens is 488 g/mol. The Balaban J connectivity index is 1.60. The first kappa shape index (κ1) is 31.2. The quantitative estimate of drug-likeness (QED) is 0.220. The molecule has 0 fully saturated rings. The zero-order chi connectivity index (χ0) is 28.0. The average molecular weight is 541 g/mol. The molecule has 2 unspecified atom stereocenters. The van der Waals surface area contributed by atoms with Crippen molar-refractivity contribution in [1.29, 1.82) is 0 Å². The van der Waals surface area contributed by atoms with Gasteiger partial charge in [0.1, 0.15) is 0 Å². The zero-order valence-corrected chi connectivity index (χ0v) is 25.9. The van der Waals surface area contributed by atoms with E-state index in [9.17, 15) is 10.2 Å². The van der Waals surface area contributed by atoms with Crippen LogP contribution in [0.4, 0.5) is 0 Å². The van der Waals surface area contributed by atoms with Crippen LogP contribution >= 0.6 is 11.8 Å². The van der Waals surface area contributed by atoms with Crippen molar-refractivity contribution in [3.8, 4) is 0 Å². The third kappa shape index (κ3) is 8.32. The first-order chi connectivity index (χ1) is 18.0. The van der Waals surface area contributed by atoms with Crippen LogP contribution in [-0.2, 0) is 6.42 Å². The standard InChI is InChI=1S/C33H52N2O2S/c1-22(2)34(23(3)4)17-9-11-30(36)26-13-15-32-28(19-26)21-29-20-27(14-16-33(29)38-32)31(37)12-10-18-35(24(5)6)25(7)8/h13-16,19-20,22-25,30-31,36-37H,9-12,17-18,21H2,1-8H3. The first-order valence-corrected chi connectivity index (χ1v) is 15.6. The van der Waals surface area contributed by atoms with Gasteiger partial charge in [0.15, 0.2) is 0 Å². The molecule has 0 radical (unpaired) electrons. The fourth-order valence-corrected chi connectivity index (χ4v) is 6.94. The van der Waals surface area contributed by atoms with Crippen molar-refractivity contribution in [2.45, 2.75) is 134 Å². The molecule has 0 aliphatic carbocycles. The number of benzene rings is 2. The zero-order valence-electron chi connectivity index (χ0n) is 25.1. The van der Waals surface area contributed by atoms with E-state index < -0.39 is 12.2 Å². The summed E-state index contributed by atoms with van der Waals surface area (Å²) in [6.07, 6.45) is 3.51. The van der Waals surface area contributed by atoms with E-state index in [0.717, 1.165) is 56.3 Å². The second-order valence-corrected chi connectivity index (χ2v) is 13.3. The molecule has 0 spiro atoms. The lowest BCUT2D eigenvalue weighted by atomic mass is 9.95. The molecule has 0 saturated carbocycles. The van der Waals surface area contributed by atoms with Crippen LogP contribution in [0.5, 0.6) is 0 Å². The monoisotopic (exact) mass is 540 g/mol. The lowest BCUT2D eigenvalue weighted by Crippen LogP contribution is -2.37. The molecule has 2 atom stereocenters. The van der Waals surface area contributed by atoms with Crippen LogP contribution in [0.1, 0.15) is 116 Å². The van der Waals surface area contributed by atoms with E-state index in [2.05, 4.69) is 102 Å². The molecule has 3 rings (SSSR count). The van der Waals surface area contributed by atoms with Gasteiger partial charge >= 0.3 is 0 Å². The normalized spacial score (nSPS) is 15.2. The highest BCUT2D eigenvalue weighted by Crippen LogP contribution is 2.41. The number of aliphatic hydroxyl groups is 2. The van der Waals surface area contributed by atoms with Crippen LogP contribution in [-0.4, -0.2) is 57.3 Å². The van der Waals surface area contributed by atoms with Crippen molar-refractivity contribution in [3.63, 3.8) is 0 Å². The summed E-state index contributed by atoms with van der Waals surface area (Å²) in [4.78, 5) is 7.53. The number of rotatable bonds is 14. The van der Waals surface area contributed by atoms with E-state index >= 15 is 0 Å². The third-order valence-electron chi connectivity index (χ3n) is 7.98. The smallest absolute Gasteiger partial charge is 0.0790 e. The van der Waals surface area contributed by atoms with Gasteiger partial charge in [0.2, 0.25) is 0 Å².